The molecular formula is C9H11F2NO. The molecule has 0 amide bonds. The van der Waals surface area contributed by atoms with Crippen molar-refractivity contribution in [3.05, 3.63) is 35.4 Å². The second-order valence-electron chi connectivity index (χ2n) is 2.76. The van der Waals surface area contributed by atoms with Crippen LogP contribution in [0.3, 0.4) is 0 Å². The zero-order valence-corrected chi connectivity index (χ0v) is 7.22. The van der Waals surface area contributed by atoms with Crippen LogP contribution in [0.1, 0.15) is 24.9 Å². The molecule has 1 aromatic rings. The Balaban J connectivity index is 3.03. The van der Waals surface area contributed by atoms with E-state index in [1.165, 1.54) is 0 Å². The highest BCUT2D eigenvalue weighted by Gasteiger charge is 2.13. The van der Waals surface area contributed by atoms with Gasteiger partial charge in [-0.15, -0.1) is 0 Å². The summed E-state index contributed by atoms with van der Waals surface area (Å²) in [4.78, 5) is 0. The summed E-state index contributed by atoms with van der Waals surface area (Å²) in [7, 11) is 0. The van der Waals surface area contributed by atoms with E-state index >= 15 is 0 Å². The monoisotopic (exact) mass is 187 g/mol. The molecule has 2 N–H and O–H groups in total. The first-order valence-electron chi connectivity index (χ1n) is 4.03. The highest BCUT2D eigenvalue weighted by molar-refractivity contribution is 5.21. The summed E-state index contributed by atoms with van der Waals surface area (Å²) in [6.07, 6.45) is 0.483. The fourth-order valence-corrected chi connectivity index (χ4v) is 1.16. The van der Waals surface area contributed by atoms with Gasteiger partial charge in [0.1, 0.15) is 11.6 Å². The summed E-state index contributed by atoms with van der Waals surface area (Å²) in [5.41, 5.74) is 2.07. The maximum absolute atomic E-state index is 13.1. The van der Waals surface area contributed by atoms with Crippen molar-refractivity contribution in [2.45, 2.75) is 19.4 Å². The van der Waals surface area contributed by atoms with Crippen molar-refractivity contribution in [2.24, 2.45) is 0 Å². The molecule has 0 aliphatic carbocycles. The zero-order chi connectivity index (χ0) is 9.84. The first-order chi connectivity index (χ1) is 6.19. The maximum atomic E-state index is 13.1. The van der Waals surface area contributed by atoms with Crippen molar-refractivity contribution < 1.29 is 14.0 Å². The number of nitrogens with one attached hydrogen (secondary N) is 1. The molecular weight excluding hydrogens is 176 g/mol. The summed E-state index contributed by atoms with van der Waals surface area (Å²) >= 11 is 0. The van der Waals surface area contributed by atoms with E-state index in [0.29, 0.717) is 6.42 Å². The normalized spacial score (nSPS) is 12.9. The van der Waals surface area contributed by atoms with Crippen molar-refractivity contribution in [3.63, 3.8) is 0 Å². The second-order valence-corrected chi connectivity index (χ2v) is 2.76. The van der Waals surface area contributed by atoms with Crippen LogP contribution in [-0.2, 0) is 0 Å². The quantitative estimate of drug-likeness (QED) is 0.712. The third-order valence-electron chi connectivity index (χ3n) is 1.90. The lowest BCUT2D eigenvalue weighted by Gasteiger charge is -2.13. The molecule has 0 fully saturated rings. The molecule has 1 atom stereocenters. The van der Waals surface area contributed by atoms with Gasteiger partial charge in [-0.05, 0) is 24.6 Å². The van der Waals surface area contributed by atoms with Gasteiger partial charge < -0.3 is 5.21 Å². The topological polar surface area (TPSA) is 32.3 Å². The van der Waals surface area contributed by atoms with Crippen LogP contribution in [0.25, 0.3) is 0 Å². The van der Waals surface area contributed by atoms with Crippen molar-refractivity contribution in [1.82, 2.24) is 5.48 Å². The van der Waals surface area contributed by atoms with E-state index in [1.807, 2.05) is 5.48 Å². The average molecular weight is 187 g/mol. The number of halogens is 2. The number of rotatable bonds is 3. The number of hydrogen-bond acceptors (Lipinski definition) is 2. The van der Waals surface area contributed by atoms with Crippen LogP contribution in [0.2, 0.25) is 0 Å². The minimum absolute atomic E-state index is 0.144. The summed E-state index contributed by atoms with van der Waals surface area (Å²) < 4.78 is 25.8. The predicted molar refractivity (Wildman–Crippen MR) is 44.3 cm³/mol. The minimum atomic E-state index is -0.560. The van der Waals surface area contributed by atoms with Gasteiger partial charge in [-0.3, -0.25) is 0 Å². The molecule has 0 saturated carbocycles. The Kier molecular flexibility index (Phi) is 3.33. The van der Waals surface area contributed by atoms with Crippen molar-refractivity contribution in [1.29, 1.82) is 0 Å². The third kappa shape index (κ3) is 2.23. The fraction of sp³-hybridized carbons (Fsp3) is 0.333. The molecule has 1 aromatic carbocycles. The standard InChI is InChI=1S/C9H11F2NO/c1-2-9(12-13)7-5-6(10)3-4-8(7)11/h3-5,9,12-13H,2H2,1H3. The fourth-order valence-electron chi connectivity index (χ4n) is 1.16. The lowest BCUT2D eigenvalue weighted by Crippen LogP contribution is -2.17. The molecule has 0 bridgehead atoms. The van der Waals surface area contributed by atoms with Gasteiger partial charge in [-0.2, -0.15) is 5.48 Å². The molecule has 0 spiro atoms. The Bertz CT molecular complexity index is 287. The van der Waals surface area contributed by atoms with Crippen molar-refractivity contribution >= 4 is 0 Å². The van der Waals surface area contributed by atoms with Gasteiger partial charge in [0.25, 0.3) is 0 Å². The van der Waals surface area contributed by atoms with Gasteiger partial charge >= 0.3 is 0 Å². The summed E-state index contributed by atoms with van der Waals surface area (Å²) in [5, 5.41) is 8.66. The van der Waals surface area contributed by atoms with Crippen molar-refractivity contribution in [2.75, 3.05) is 0 Å². The van der Waals surface area contributed by atoms with Crippen LogP contribution in [0.5, 0.6) is 0 Å². The third-order valence-corrected chi connectivity index (χ3v) is 1.90. The molecule has 0 heterocycles. The highest BCUT2D eigenvalue weighted by Crippen LogP contribution is 2.20. The number of benzene rings is 1. The average Bonchev–Trinajstić information content (AvgIpc) is 2.13. The zero-order valence-electron chi connectivity index (χ0n) is 7.22. The lowest BCUT2D eigenvalue weighted by atomic mass is 10.0. The van der Waals surface area contributed by atoms with Crippen LogP contribution in [0, 0.1) is 11.6 Å². The van der Waals surface area contributed by atoms with Gasteiger partial charge in [0.2, 0.25) is 0 Å². The lowest BCUT2D eigenvalue weighted by molar-refractivity contribution is 0.122. The summed E-state index contributed by atoms with van der Waals surface area (Å²) in [5.74, 6) is -1.03. The van der Waals surface area contributed by atoms with Gasteiger partial charge in [-0.25, -0.2) is 8.78 Å². The Hall–Kier alpha value is -1.00. The first kappa shape index (κ1) is 10.1. The molecule has 1 unspecified atom stereocenters. The molecule has 2 nitrogen and oxygen atoms in total. The van der Waals surface area contributed by atoms with Crippen LogP contribution in [0.15, 0.2) is 18.2 Å². The SMILES string of the molecule is CCC(NO)c1cc(F)ccc1F. The Morgan fingerprint density at radius 1 is 1.46 bits per heavy atom. The predicted octanol–water partition coefficient (Wildman–Crippen LogP) is 2.39. The van der Waals surface area contributed by atoms with E-state index in [4.69, 9.17) is 5.21 Å². The highest BCUT2D eigenvalue weighted by atomic mass is 19.1. The van der Waals surface area contributed by atoms with Gasteiger partial charge in [0.15, 0.2) is 0 Å². The largest absolute Gasteiger partial charge is 0.316 e. The molecule has 0 radical (unpaired) electrons. The van der Waals surface area contributed by atoms with Crippen molar-refractivity contribution in [3.8, 4) is 0 Å². The molecule has 0 aliphatic heterocycles. The van der Waals surface area contributed by atoms with Gasteiger partial charge in [0.05, 0.1) is 6.04 Å². The Morgan fingerprint density at radius 3 is 2.69 bits per heavy atom. The van der Waals surface area contributed by atoms with E-state index in [0.717, 1.165) is 18.2 Å². The molecule has 72 valence electrons. The van der Waals surface area contributed by atoms with Crippen LogP contribution in [-0.4, -0.2) is 5.21 Å². The molecule has 13 heavy (non-hydrogen) atoms. The molecule has 1 rings (SSSR count). The first-order valence-corrected chi connectivity index (χ1v) is 4.03. The second kappa shape index (κ2) is 4.30. The summed E-state index contributed by atoms with van der Waals surface area (Å²) in [6.45, 7) is 1.76. The van der Waals surface area contributed by atoms with E-state index in [9.17, 15) is 8.78 Å². The Morgan fingerprint density at radius 2 is 2.15 bits per heavy atom. The number of hydroxylamine groups is 1. The smallest absolute Gasteiger partial charge is 0.128 e. The molecule has 0 saturated heterocycles. The van der Waals surface area contributed by atoms with E-state index in [1.54, 1.807) is 6.92 Å². The number of hydrogen-bond donors (Lipinski definition) is 2. The maximum Gasteiger partial charge on any atom is 0.128 e. The summed E-state index contributed by atoms with van der Waals surface area (Å²) in [6, 6.07) is 2.61. The minimum Gasteiger partial charge on any atom is -0.316 e. The van der Waals surface area contributed by atoms with Gasteiger partial charge in [0, 0.05) is 5.56 Å². The molecule has 0 aliphatic rings. The Labute approximate surface area is 75.2 Å². The van der Waals surface area contributed by atoms with E-state index in [-0.39, 0.29) is 5.56 Å². The van der Waals surface area contributed by atoms with E-state index in [2.05, 4.69) is 0 Å². The van der Waals surface area contributed by atoms with Crippen LogP contribution < -0.4 is 5.48 Å². The van der Waals surface area contributed by atoms with Crippen LogP contribution in [0.4, 0.5) is 8.78 Å². The van der Waals surface area contributed by atoms with Gasteiger partial charge in [-0.1, -0.05) is 6.92 Å². The molecule has 0 aromatic heterocycles. The van der Waals surface area contributed by atoms with Crippen LogP contribution >= 0.6 is 0 Å². The molecule has 4 heteroatoms. The van der Waals surface area contributed by atoms with E-state index < -0.39 is 17.7 Å².